The van der Waals surface area contributed by atoms with Gasteiger partial charge in [0.25, 0.3) is 5.91 Å². The van der Waals surface area contributed by atoms with Gasteiger partial charge in [-0.2, -0.15) is 4.31 Å². The van der Waals surface area contributed by atoms with Crippen molar-refractivity contribution in [1.29, 1.82) is 0 Å². The Hall–Kier alpha value is -2.61. The molecule has 1 aliphatic rings. The molecule has 1 aromatic heterocycles. The average molecular weight is 576 g/mol. The lowest BCUT2D eigenvalue weighted by atomic mass is 10.2. The second kappa shape index (κ2) is 13.6. The van der Waals surface area contributed by atoms with Gasteiger partial charge < -0.3 is 19.7 Å². The molecule has 39 heavy (non-hydrogen) atoms. The van der Waals surface area contributed by atoms with Crippen LogP contribution in [-0.2, 0) is 19.5 Å². The van der Waals surface area contributed by atoms with Crippen LogP contribution < -0.4 is 10.2 Å². The Bertz CT molecular complexity index is 1330. The van der Waals surface area contributed by atoms with Gasteiger partial charge in [0.2, 0.25) is 10.0 Å². The number of benzene rings is 2. The van der Waals surface area contributed by atoms with E-state index < -0.39 is 10.0 Å². The fourth-order valence-electron chi connectivity index (χ4n) is 4.47. The SMILES string of the molecule is COCCN(CCOC)S(=O)(=O)c1ccc(C(=O)NCCN2CCN(c3nc4c(C)cccc4s3)CC2)cc1. The maximum Gasteiger partial charge on any atom is 0.251 e. The molecule has 0 saturated carbocycles. The lowest BCUT2D eigenvalue weighted by Gasteiger charge is -2.34. The monoisotopic (exact) mass is 575 g/mol. The number of para-hydroxylation sites is 1. The maximum absolute atomic E-state index is 13.0. The maximum atomic E-state index is 13.0. The number of aryl methyl sites for hydroxylation is 1. The Morgan fingerprint density at radius 2 is 1.69 bits per heavy atom. The van der Waals surface area contributed by atoms with E-state index in [9.17, 15) is 13.2 Å². The quantitative estimate of drug-likeness (QED) is 0.332. The first-order valence-electron chi connectivity index (χ1n) is 13.0. The molecule has 3 aromatic rings. The van der Waals surface area contributed by atoms with Gasteiger partial charge in [-0.25, -0.2) is 13.4 Å². The van der Waals surface area contributed by atoms with E-state index in [2.05, 4.69) is 40.2 Å². The van der Waals surface area contributed by atoms with Crippen molar-refractivity contribution in [1.82, 2.24) is 19.5 Å². The molecule has 1 N–H and O–H groups in total. The van der Waals surface area contributed by atoms with Crippen LogP contribution >= 0.6 is 11.3 Å². The lowest BCUT2D eigenvalue weighted by Crippen LogP contribution is -2.48. The number of thiazole rings is 1. The molecule has 10 nitrogen and oxygen atoms in total. The Morgan fingerprint density at radius 1 is 1.03 bits per heavy atom. The van der Waals surface area contributed by atoms with Gasteiger partial charge in [-0.05, 0) is 42.8 Å². The van der Waals surface area contributed by atoms with Gasteiger partial charge in [-0.3, -0.25) is 9.69 Å². The Labute approximate surface area is 234 Å². The fourth-order valence-corrected chi connectivity index (χ4v) is 6.97. The third-order valence-electron chi connectivity index (χ3n) is 6.81. The highest BCUT2D eigenvalue weighted by molar-refractivity contribution is 7.89. The number of ether oxygens (including phenoxy) is 2. The van der Waals surface area contributed by atoms with E-state index in [0.717, 1.165) is 43.4 Å². The number of hydrogen-bond acceptors (Lipinski definition) is 9. The molecule has 1 saturated heterocycles. The van der Waals surface area contributed by atoms with Crippen LogP contribution in [0.3, 0.4) is 0 Å². The number of amides is 1. The van der Waals surface area contributed by atoms with Gasteiger partial charge in [-0.15, -0.1) is 0 Å². The number of methoxy groups -OCH3 is 2. The zero-order valence-corrected chi connectivity index (χ0v) is 24.4. The summed E-state index contributed by atoms with van der Waals surface area (Å²) in [7, 11) is -0.673. The number of nitrogens with one attached hydrogen (secondary N) is 1. The average Bonchev–Trinajstić information content (AvgIpc) is 3.39. The van der Waals surface area contributed by atoms with Crippen molar-refractivity contribution in [2.45, 2.75) is 11.8 Å². The molecule has 0 atom stereocenters. The van der Waals surface area contributed by atoms with Gasteiger partial charge in [0, 0.05) is 72.1 Å². The van der Waals surface area contributed by atoms with E-state index >= 15 is 0 Å². The standard InChI is InChI=1S/C27H37N5O5S2/c1-21-5-4-6-24-25(21)29-27(38-24)31-15-13-30(14-16-31)12-11-28-26(33)22-7-9-23(10-8-22)39(34,35)32(17-19-36-2)18-20-37-3/h4-10H,11-20H2,1-3H3,(H,28,33). The van der Waals surface area contributed by atoms with Gasteiger partial charge in [0.15, 0.2) is 5.13 Å². The Kier molecular flexibility index (Phi) is 10.3. The summed E-state index contributed by atoms with van der Waals surface area (Å²) in [5, 5.41) is 4.02. The number of sulfonamides is 1. The van der Waals surface area contributed by atoms with Gasteiger partial charge in [0.05, 0.1) is 28.3 Å². The molecular formula is C27H37N5O5S2. The normalized spacial score (nSPS) is 14.8. The second-order valence-electron chi connectivity index (χ2n) is 9.42. The van der Waals surface area contributed by atoms with Crippen LogP contribution in [0.5, 0.6) is 0 Å². The lowest BCUT2D eigenvalue weighted by molar-refractivity contribution is 0.0947. The molecule has 2 heterocycles. The summed E-state index contributed by atoms with van der Waals surface area (Å²) >= 11 is 1.74. The summed E-state index contributed by atoms with van der Waals surface area (Å²) in [5.41, 5.74) is 2.71. The first-order valence-corrected chi connectivity index (χ1v) is 15.3. The van der Waals surface area contributed by atoms with Crippen LogP contribution in [0.15, 0.2) is 47.4 Å². The summed E-state index contributed by atoms with van der Waals surface area (Å²) in [5.74, 6) is -0.224. The Balaban J connectivity index is 1.24. The van der Waals surface area contributed by atoms with Crippen LogP contribution in [0.2, 0.25) is 0 Å². The number of fused-ring (bicyclic) bond motifs is 1. The highest BCUT2D eigenvalue weighted by Crippen LogP contribution is 2.31. The molecule has 0 aliphatic carbocycles. The van der Waals surface area contributed by atoms with Crippen molar-refractivity contribution in [2.75, 3.05) is 84.7 Å². The van der Waals surface area contributed by atoms with Crippen LogP contribution in [-0.4, -0.2) is 108 Å². The van der Waals surface area contributed by atoms with Crippen molar-refractivity contribution in [3.05, 3.63) is 53.6 Å². The van der Waals surface area contributed by atoms with E-state index in [-0.39, 0.29) is 37.1 Å². The zero-order valence-electron chi connectivity index (χ0n) is 22.8. The number of anilines is 1. The molecule has 212 valence electrons. The molecule has 0 radical (unpaired) electrons. The third kappa shape index (κ3) is 7.33. The number of carbonyl (C=O) groups excluding carboxylic acids is 1. The molecule has 12 heteroatoms. The van der Waals surface area contributed by atoms with Gasteiger partial charge in [0.1, 0.15) is 0 Å². The first kappa shape index (κ1) is 29.4. The minimum Gasteiger partial charge on any atom is -0.383 e. The number of aromatic nitrogens is 1. The van der Waals surface area contributed by atoms with Crippen molar-refractivity contribution >= 4 is 42.6 Å². The third-order valence-corrected chi connectivity index (χ3v) is 9.80. The van der Waals surface area contributed by atoms with Crippen LogP contribution in [0.25, 0.3) is 10.2 Å². The highest BCUT2D eigenvalue weighted by Gasteiger charge is 2.24. The predicted octanol–water partition coefficient (Wildman–Crippen LogP) is 2.44. The Morgan fingerprint density at radius 3 is 2.31 bits per heavy atom. The van der Waals surface area contributed by atoms with E-state index in [1.54, 1.807) is 23.5 Å². The molecule has 0 spiro atoms. The van der Waals surface area contributed by atoms with Gasteiger partial charge in [-0.1, -0.05) is 23.5 Å². The summed E-state index contributed by atoms with van der Waals surface area (Å²) in [6.45, 7) is 7.96. The van der Waals surface area contributed by atoms with Crippen molar-refractivity contribution in [2.24, 2.45) is 0 Å². The van der Waals surface area contributed by atoms with E-state index in [0.29, 0.717) is 12.1 Å². The van der Waals surface area contributed by atoms with Crippen molar-refractivity contribution < 1.29 is 22.7 Å². The van der Waals surface area contributed by atoms with Crippen molar-refractivity contribution in [3.8, 4) is 0 Å². The number of carbonyl (C=O) groups is 1. The van der Waals surface area contributed by atoms with Crippen LogP contribution in [0, 0.1) is 6.92 Å². The van der Waals surface area contributed by atoms with Crippen LogP contribution in [0.4, 0.5) is 5.13 Å². The van der Waals surface area contributed by atoms with Gasteiger partial charge >= 0.3 is 0 Å². The highest BCUT2D eigenvalue weighted by atomic mass is 32.2. The molecule has 2 aromatic carbocycles. The molecule has 4 rings (SSSR count). The van der Waals surface area contributed by atoms with E-state index in [1.807, 2.05) is 0 Å². The molecule has 0 unspecified atom stereocenters. The smallest absolute Gasteiger partial charge is 0.251 e. The molecular weight excluding hydrogens is 538 g/mol. The minimum absolute atomic E-state index is 0.132. The summed E-state index contributed by atoms with van der Waals surface area (Å²) in [6.07, 6.45) is 0. The summed E-state index contributed by atoms with van der Waals surface area (Å²) in [6, 6.07) is 12.3. The summed E-state index contributed by atoms with van der Waals surface area (Å²) < 4.78 is 38.7. The molecule has 0 bridgehead atoms. The number of hydrogen-bond donors (Lipinski definition) is 1. The second-order valence-corrected chi connectivity index (χ2v) is 12.4. The fraction of sp³-hybridized carbons (Fsp3) is 0.481. The molecule has 1 aliphatic heterocycles. The number of rotatable bonds is 13. The zero-order chi connectivity index (χ0) is 27.8. The summed E-state index contributed by atoms with van der Waals surface area (Å²) in [4.78, 5) is 22.3. The number of nitrogens with zero attached hydrogens (tertiary/aromatic N) is 4. The van der Waals surface area contributed by atoms with Crippen LogP contribution in [0.1, 0.15) is 15.9 Å². The largest absolute Gasteiger partial charge is 0.383 e. The first-order chi connectivity index (χ1) is 18.8. The van der Waals surface area contributed by atoms with E-state index in [1.165, 1.54) is 40.9 Å². The molecule has 1 amide bonds. The molecule has 1 fully saturated rings. The minimum atomic E-state index is -3.73. The number of piperazine rings is 1. The predicted molar refractivity (Wildman–Crippen MR) is 154 cm³/mol. The van der Waals surface area contributed by atoms with E-state index in [4.69, 9.17) is 14.5 Å². The topological polar surface area (TPSA) is 104 Å². The van der Waals surface area contributed by atoms with Crippen molar-refractivity contribution in [3.63, 3.8) is 0 Å².